The van der Waals surface area contributed by atoms with Crippen LogP contribution in [0.1, 0.15) is 26.2 Å². The molecule has 1 saturated carbocycles. The Kier molecular flexibility index (Phi) is 3.53. The maximum Gasteiger partial charge on any atom is 0.221 e. The van der Waals surface area contributed by atoms with Crippen LogP contribution in [0.15, 0.2) is 0 Å². The average molecular weight is 170 g/mol. The van der Waals surface area contributed by atoms with Crippen molar-refractivity contribution in [2.75, 3.05) is 13.6 Å². The first kappa shape index (κ1) is 9.52. The van der Waals surface area contributed by atoms with Gasteiger partial charge in [-0.2, -0.15) is 0 Å². The van der Waals surface area contributed by atoms with Crippen LogP contribution in [-0.2, 0) is 4.79 Å². The molecule has 3 heteroatoms. The van der Waals surface area contributed by atoms with Crippen LogP contribution >= 0.6 is 0 Å². The molecule has 70 valence electrons. The minimum absolute atomic E-state index is 0.116. The molecule has 0 aromatic heterocycles. The number of hydrogen-bond acceptors (Lipinski definition) is 2. The molecule has 0 aromatic carbocycles. The van der Waals surface area contributed by atoms with Gasteiger partial charge in [0.2, 0.25) is 5.91 Å². The monoisotopic (exact) mass is 170 g/mol. The lowest BCUT2D eigenvalue weighted by Crippen LogP contribution is -2.32. The summed E-state index contributed by atoms with van der Waals surface area (Å²) in [6.07, 6.45) is 3.30. The molecule has 0 bridgehead atoms. The Hall–Kier alpha value is -0.570. The normalized spacial score (nSPS) is 18.8. The van der Waals surface area contributed by atoms with Gasteiger partial charge in [0.25, 0.3) is 0 Å². The van der Waals surface area contributed by atoms with E-state index in [4.69, 9.17) is 0 Å². The summed E-state index contributed by atoms with van der Waals surface area (Å²) in [6.45, 7) is 3.00. The first-order valence-corrected chi connectivity index (χ1v) is 4.68. The van der Waals surface area contributed by atoms with Gasteiger partial charge in [-0.05, 0) is 25.7 Å². The van der Waals surface area contributed by atoms with E-state index in [9.17, 15) is 4.79 Å². The van der Waals surface area contributed by atoms with Gasteiger partial charge >= 0.3 is 0 Å². The highest BCUT2D eigenvalue weighted by Crippen LogP contribution is 2.32. The zero-order chi connectivity index (χ0) is 8.97. The Labute approximate surface area is 73.9 Å². The summed E-state index contributed by atoms with van der Waals surface area (Å²) in [5.41, 5.74) is 0. The molecule has 0 heterocycles. The van der Waals surface area contributed by atoms with Crippen molar-refractivity contribution in [3.63, 3.8) is 0 Å². The van der Waals surface area contributed by atoms with E-state index in [-0.39, 0.29) is 5.91 Å². The van der Waals surface area contributed by atoms with Crippen molar-refractivity contribution in [2.24, 2.45) is 5.92 Å². The molecular formula is C9H18N2O. The lowest BCUT2D eigenvalue weighted by molar-refractivity contribution is -0.120. The predicted molar refractivity (Wildman–Crippen MR) is 48.9 cm³/mol. The molecule has 0 radical (unpaired) electrons. The summed E-state index contributed by atoms with van der Waals surface area (Å²) in [5, 5.41) is 5.95. The van der Waals surface area contributed by atoms with Gasteiger partial charge in [0.15, 0.2) is 0 Å². The van der Waals surface area contributed by atoms with Crippen LogP contribution in [0.3, 0.4) is 0 Å². The van der Waals surface area contributed by atoms with Crippen molar-refractivity contribution >= 4 is 5.91 Å². The zero-order valence-corrected chi connectivity index (χ0v) is 7.89. The van der Waals surface area contributed by atoms with Gasteiger partial charge in [-0.25, -0.2) is 0 Å². The minimum atomic E-state index is 0.116. The van der Waals surface area contributed by atoms with E-state index in [1.54, 1.807) is 7.05 Å². The molecule has 1 fully saturated rings. The first-order valence-electron chi connectivity index (χ1n) is 4.68. The Morgan fingerprint density at radius 3 is 2.75 bits per heavy atom. The molecule has 1 atom stereocenters. The highest BCUT2D eigenvalue weighted by Gasteiger charge is 2.27. The quantitative estimate of drug-likeness (QED) is 0.631. The molecule has 12 heavy (non-hydrogen) atoms. The van der Waals surface area contributed by atoms with Crippen molar-refractivity contribution in [1.82, 2.24) is 10.6 Å². The fraction of sp³-hybridized carbons (Fsp3) is 0.889. The van der Waals surface area contributed by atoms with Gasteiger partial charge in [0, 0.05) is 26.1 Å². The Bertz CT molecular complexity index is 155. The fourth-order valence-electron chi connectivity index (χ4n) is 1.30. The lowest BCUT2D eigenvalue weighted by Gasteiger charge is -2.11. The number of rotatable bonds is 5. The third-order valence-corrected chi connectivity index (χ3v) is 2.43. The van der Waals surface area contributed by atoms with Crippen molar-refractivity contribution in [3.8, 4) is 0 Å². The number of hydrogen-bond donors (Lipinski definition) is 2. The van der Waals surface area contributed by atoms with Gasteiger partial charge in [-0.1, -0.05) is 0 Å². The minimum Gasteiger partial charge on any atom is -0.359 e. The van der Waals surface area contributed by atoms with Gasteiger partial charge in [-0.3, -0.25) is 4.79 Å². The van der Waals surface area contributed by atoms with Crippen molar-refractivity contribution in [3.05, 3.63) is 0 Å². The van der Waals surface area contributed by atoms with E-state index in [1.165, 1.54) is 12.8 Å². The fourth-order valence-corrected chi connectivity index (χ4v) is 1.30. The molecule has 0 saturated heterocycles. The van der Waals surface area contributed by atoms with E-state index >= 15 is 0 Å². The molecule has 0 aliphatic heterocycles. The molecule has 1 unspecified atom stereocenters. The van der Waals surface area contributed by atoms with Crippen LogP contribution in [0.25, 0.3) is 0 Å². The summed E-state index contributed by atoms with van der Waals surface area (Å²) in [6, 6.07) is 0.592. The topological polar surface area (TPSA) is 41.1 Å². The summed E-state index contributed by atoms with van der Waals surface area (Å²) in [4.78, 5) is 10.8. The second-order valence-electron chi connectivity index (χ2n) is 3.50. The van der Waals surface area contributed by atoms with Crippen LogP contribution in [0, 0.1) is 5.92 Å². The Balaban J connectivity index is 1.97. The summed E-state index contributed by atoms with van der Waals surface area (Å²) in [7, 11) is 1.67. The summed E-state index contributed by atoms with van der Waals surface area (Å²) < 4.78 is 0. The average Bonchev–Trinajstić information content (AvgIpc) is 2.86. The van der Waals surface area contributed by atoms with E-state index in [1.807, 2.05) is 0 Å². The Morgan fingerprint density at radius 1 is 1.58 bits per heavy atom. The molecular weight excluding hydrogens is 152 g/mol. The molecule has 0 spiro atoms. The Morgan fingerprint density at radius 2 is 2.25 bits per heavy atom. The van der Waals surface area contributed by atoms with Crippen molar-refractivity contribution < 1.29 is 4.79 Å². The molecule has 0 aromatic rings. The standard InChI is InChI=1S/C9H18N2O/c1-7(8-3-4-8)11-6-5-9(12)10-2/h7-8,11H,3-6H2,1-2H3,(H,10,12). The molecule has 2 N–H and O–H groups in total. The highest BCUT2D eigenvalue weighted by atomic mass is 16.1. The van der Waals surface area contributed by atoms with Crippen LogP contribution in [-0.4, -0.2) is 25.5 Å². The zero-order valence-electron chi connectivity index (χ0n) is 7.89. The van der Waals surface area contributed by atoms with Crippen molar-refractivity contribution in [2.45, 2.75) is 32.2 Å². The van der Waals surface area contributed by atoms with E-state index in [0.29, 0.717) is 12.5 Å². The van der Waals surface area contributed by atoms with Crippen LogP contribution < -0.4 is 10.6 Å². The molecule has 1 rings (SSSR count). The van der Waals surface area contributed by atoms with Gasteiger partial charge in [0.1, 0.15) is 0 Å². The maximum atomic E-state index is 10.8. The van der Waals surface area contributed by atoms with Crippen LogP contribution in [0.4, 0.5) is 0 Å². The maximum absolute atomic E-state index is 10.8. The smallest absolute Gasteiger partial charge is 0.221 e. The lowest BCUT2D eigenvalue weighted by atomic mass is 10.2. The summed E-state index contributed by atoms with van der Waals surface area (Å²) >= 11 is 0. The molecule has 3 nitrogen and oxygen atoms in total. The predicted octanol–water partition coefficient (Wildman–Crippen LogP) is 0.511. The van der Waals surface area contributed by atoms with Gasteiger partial charge in [0.05, 0.1) is 0 Å². The highest BCUT2D eigenvalue weighted by molar-refractivity contribution is 5.75. The third kappa shape index (κ3) is 3.22. The second kappa shape index (κ2) is 4.45. The number of nitrogens with one attached hydrogen (secondary N) is 2. The van der Waals surface area contributed by atoms with Gasteiger partial charge < -0.3 is 10.6 Å². The number of carbonyl (C=O) groups is 1. The third-order valence-electron chi connectivity index (χ3n) is 2.43. The molecule has 1 aliphatic rings. The van der Waals surface area contributed by atoms with Crippen molar-refractivity contribution in [1.29, 1.82) is 0 Å². The molecule has 1 amide bonds. The SMILES string of the molecule is CNC(=O)CCNC(C)C1CC1. The van der Waals surface area contributed by atoms with Crippen LogP contribution in [0.5, 0.6) is 0 Å². The number of amides is 1. The van der Waals surface area contributed by atoms with E-state index < -0.39 is 0 Å². The van der Waals surface area contributed by atoms with E-state index in [2.05, 4.69) is 17.6 Å². The second-order valence-corrected chi connectivity index (χ2v) is 3.50. The van der Waals surface area contributed by atoms with Gasteiger partial charge in [-0.15, -0.1) is 0 Å². The summed E-state index contributed by atoms with van der Waals surface area (Å²) in [5.74, 6) is 0.986. The largest absolute Gasteiger partial charge is 0.359 e. The first-order chi connectivity index (χ1) is 5.74. The van der Waals surface area contributed by atoms with E-state index in [0.717, 1.165) is 12.5 Å². The number of carbonyl (C=O) groups excluding carboxylic acids is 1. The van der Waals surface area contributed by atoms with Crippen LogP contribution in [0.2, 0.25) is 0 Å². The molecule has 1 aliphatic carbocycles.